The number of hydrogen-bond acceptors (Lipinski definition) is 3. The third-order valence-electron chi connectivity index (χ3n) is 3.47. The van der Waals surface area contributed by atoms with Gasteiger partial charge in [-0.1, -0.05) is 36.4 Å². The van der Waals surface area contributed by atoms with Crippen LogP contribution in [0.15, 0.2) is 57.7 Å². The number of rotatable bonds is 0. The van der Waals surface area contributed by atoms with Crippen LogP contribution in [0.4, 0.5) is 0 Å². The minimum Gasteiger partial charge on any atom is -0.422 e. The number of hydrogen-bond donors (Lipinski definition) is 0. The van der Waals surface area contributed by atoms with E-state index in [4.69, 9.17) is 4.42 Å². The number of carbonyl (C=O) groups is 1. The third kappa shape index (κ3) is 1.27. The van der Waals surface area contributed by atoms with Gasteiger partial charge < -0.3 is 4.42 Å². The number of benzene rings is 2. The number of ketones is 1. The molecule has 90 valence electrons. The molecule has 1 aliphatic carbocycles. The van der Waals surface area contributed by atoms with Gasteiger partial charge >= 0.3 is 5.63 Å². The highest BCUT2D eigenvalue weighted by molar-refractivity contribution is 6.24. The fourth-order valence-corrected chi connectivity index (χ4v) is 2.66. The lowest BCUT2D eigenvalue weighted by molar-refractivity contribution is 0.103. The second-order valence-corrected chi connectivity index (χ2v) is 4.54. The molecule has 0 amide bonds. The molecule has 0 atom stereocenters. The minimum atomic E-state index is -0.442. The first-order chi connectivity index (χ1) is 9.25. The molecule has 1 aromatic heterocycles. The topological polar surface area (TPSA) is 47.3 Å². The van der Waals surface area contributed by atoms with E-state index in [0.29, 0.717) is 16.9 Å². The quantitative estimate of drug-likeness (QED) is 0.480. The first-order valence-corrected chi connectivity index (χ1v) is 5.97. The predicted molar refractivity (Wildman–Crippen MR) is 71.4 cm³/mol. The van der Waals surface area contributed by atoms with Gasteiger partial charge in [0.15, 0.2) is 5.78 Å². The van der Waals surface area contributed by atoms with E-state index in [2.05, 4.69) is 0 Å². The molecule has 1 aliphatic rings. The number of fused-ring (bicyclic) bond motifs is 2. The van der Waals surface area contributed by atoms with E-state index in [9.17, 15) is 9.59 Å². The Labute approximate surface area is 108 Å². The predicted octanol–water partition coefficient (Wildman–Crippen LogP) is 3.00. The molecule has 0 spiro atoms. The number of carbonyl (C=O) groups excluding carboxylic acids is 1. The smallest absolute Gasteiger partial charge is 0.336 e. The lowest BCUT2D eigenvalue weighted by Crippen LogP contribution is -2.12. The summed E-state index contributed by atoms with van der Waals surface area (Å²) in [4.78, 5) is 23.8. The summed E-state index contributed by atoms with van der Waals surface area (Å²) in [5.41, 5.74) is 1.48. The van der Waals surface area contributed by atoms with Crippen LogP contribution in [-0.2, 0) is 0 Å². The van der Waals surface area contributed by atoms with Crippen molar-refractivity contribution in [2.24, 2.45) is 0 Å². The summed E-state index contributed by atoms with van der Waals surface area (Å²) in [6.45, 7) is 0. The van der Waals surface area contributed by atoms with Crippen molar-refractivity contribution in [1.82, 2.24) is 0 Å². The third-order valence-corrected chi connectivity index (χ3v) is 3.47. The molecular weight excluding hydrogens is 240 g/mol. The van der Waals surface area contributed by atoms with Crippen LogP contribution in [-0.4, -0.2) is 5.78 Å². The Hall–Kier alpha value is -2.68. The van der Waals surface area contributed by atoms with Crippen molar-refractivity contribution in [2.45, 2.75) is 0 Å². The first-order valence-electron chi connectivity index (χ1n) is 5.97. The van der Waals surface area contributed by atoms with Crippen LogP contribution in [0.1, 0.15) is 15.9 Å². The second-order valence-electron chi connectivity index (χ2n) is 4.54. The van der Waals surface area contributed by atoms with Gasteiger partial charge in [0.05, 0.1) is 5.56 Å². The molecule has 2 aromatic carbocycles. The van der Waals surface area contributed by atoms with Gasteiger partial charge in [-0.15, -0.1) is 0 Å². The van der Waals surface area contributed by atoms with E-state index in [1.54, 1.807) is 0 Å². The van der Waals surface area contributed by atoms with Crippen molar-refractivity contribution < 1.29 is 9.21 Å². The first kappa shape index (κ1) is 10.3. The van der Waals surface area contributed by atoms with E-state index in [0.717, 1.165) is 16.3 Å². The fourth-order valence-electron chi connectivity index (χ4n) is 2.66. The monoisotopic (exact) mass is 248 g/mol. The molecule has 1 heterocycles. The van der Waals surface area contributed by atoms with Crippen LogP contribution in [0.2, 0.25) is 0 Å². The van der Waals surface area contributed by atoms with Crippen molar-refractivity contribution in [3.05, 3.63) is 70.1 Å². The van der Waals surface area contributed by atoms with Crippen molar-refractivity contribution in [3.8, 4) is 11.3 Å². The van der Waals surface area contributed by atoms with Crippen molar-refractivity contribution in [2.75, 3.05) is 0 Å². The van der Waals surface area contributed by atoms with Gasteiger partial charge in [0.1, 0.15) is 5.76 Å². The summed E-state index contributed by atoms with van der Waals surface area (Å²) in [5, 5.41) is 1.83. The Kier molecular flexibility index (Phi) is 1.85. The normalized spacial score (nSPS) is 12.5. The van der Waals surface area contributed by atoms with Crippen LogP contribution in [0.25, 0.3) is 22.1 Å². The molecule has 3 heteroatoms. The maximum absolute atomic E-state index is 12.4. The van der Waals surface area contributed by atoms with Gasteiger partial charge in [-0.05, 0) is 11.5 Å². The zero-order valence-electron chi connectivity index (χ0n) is 9.84. The lowest BCUT2D eigenvalue weighted by Gasteiger charge is -2.17. The van der Waals surface area contributed by atoms with E-state index >= 15 is 0 Å². The molecule has 0 N–H and O–H groups in total. The zero-order valence-corrected chi connectivity index (χ0v) is 9.84. The summed E-state index contributed by atoms with van der Waals surface area (Å²) in [5.74, 6) is 0.282. The van der Waals surface area contributed by atoms with Crippen LogP contribution in [0, 0.1) is 0 Å². The molecule has 0 saturated heterocycles. The zero-order chi connectivity index (χ0) is 13.0. The molecular formula is C16H8O3. The Morgan fingerprint density at radius 3 is 2.26 bits per heavy atom. The van der Waals surface area contributed by atoms with Crippen molar-refractivity contribution in [1.29, 1.82) is 0 Å². The van der Waals surface area contributed by atoms with Gasteiger partial charge in [0.2, 0.25) is 0 Å². The molecule has 3 nitrogen and oxygen atoms in total. The molecule has 0 fully saturated rings. The standard InChI is InChI=1S/C16H8O3/c17-13-8-7-12-15(18)10-5-1-3-9-4-2-6-11(14(9)10)16(12)19-13/h1-8H. The summed E-state index contributed by atoms with van der Waals surface area (Å²) in [6.07, 6.45) is 0. The summed E-state index contributed by atoms with van der Waals surface area (Å²) >= 11 is 0. The van der Waals surface area contributed by atoms with Crippen LogP contribution in [0.5, 0.6) is 0 Å². The highest BCUT2D eigenvalue weighted by atomic mass is 16.4. The van der Waals surface area contributed by atoms with Gasteiger partial charge in [0.25, 0.3) is 0 Å². The van der Waals surface area contributed by atoms with Crippen LogP contribution < -0.4 is 5.63 Å². The maximum Gasteiger partial charge on any atom is 0.336 e. The van der Waals surface area contributed by atoms with Gasteiger partial charge in [-0.3, -0.25) is 4.79 Å². The molecule has 0 radical (unpaired) electrons. The summed E-state index contributed by atoms with van der Waals surface area (Å²) < 4.78 is 5.24. The summed E-state index contributed by atoms with van der Waals surface area (Å²) in [7, 11) is 0. The minimum absolute atomic E-state index is 0.0944. The highest BCUT2D eigenvalue weighted by Crippen LogP contribution is 2.38. The largest absolute Gasteiger partial charge is 0.422 e. The Balaban J connectivity index is 2.28. The molecule has 0 aliphatic heterocycles. The molecule has 0 unspecified atom stereocenters. The Morgan fingerprint density at radius 1 is 0.737 bits per heavy atom. The molecule has 19 heavy (non-hydrogen) atoms. The summed E-state index contributed by atoms with van der Waals surface area (Å²) in [6, 6.07) is 14.2. The van der Waals surface area contributed by atoms with Gasteiger partial charge in [-0.2, -0.15) is 0 Å². The maximum atomic E-state index is 12.4. The molecule has 3 aromatic rings. The lowest BCUT2D eigenvalue weighted by atomic mass is 9.86. The van der Waals surface area contributed by atoms with Crippen LogP contribution in [0.3, 0.4) is 0 Å². The molecule has 4 rings (SSSR count). The Bertz CT molecular complexity index is 898. The fraction of sp³-hybridized carbons (Fsp3) is 0. The second kappa shape index (κ2) is 3.42. The SMILES string of the molecule is O=C1c2ccc(=O)oc2-c2cccc3cccc1c23. The van der Waals surface area contributed by atoms with E-state index < -0.39 is 5.63 Å². The van der Waals surface area contributed by atoms with Crippen LogP contribution >= 0.6 is 0 Å². The molecule has 0 bridgehead atoms. The van der Waals surface area contributed by atoms with E-state index in [1.807, 2.05) is 36.4 Å². The average molecular weight is 248 g/mol. The van der Waals surface area contributed by atoms with Crippen molar-refractivity contribution in [3.63, 3.8) is 0 Å². The van der Waals surface area contributed by atoms with Gasteiger partial charge in [-0.25, -0.2) is 4.79 Å². The van der Waals surface area contributed by atoms with E-state index in [1.165, 1.54) is 12.1 Å². The average Bonchev–Trinajstić information content (AvgIpc) is 2.44. The highest BCUT2D eigenvalue weighted by Gasteiger charge is 2.26. The molecule has 0 saturated carbocycles. The van der Waals surface area contributed by atoms with Crippen molar-refractivity contribution >= 4 is 16.6 Å². The van der Waals surface area contributed by atoms with E-state index in [-0.39, 0.29) is 5.78 Å². The Morgan fingerprint density at radius 2 is 1.47 bits per heavy atom. The van der Waals surface area contributed by atoms with Gasteiger partial charge in [0, 0.05) is 22.6 Å².